The molecule has 0 bridgehead atoms. The molecule has 1 aliphatic heterocycles. The summed E-state index contributed by atoms with van der Waals surface area (Å²) in [6.07, 6.45) is 2.44. The van der Waals surface area contributed by atoms with Crippen LogP contribution in [0.5, 0.6) is 0 Å². The number of nitrogens with zero attached hydrogens (tertiary/aromatic N) is 1. The number of benzene rings is 1. The minimum absolute atomic E-state index is 0.0457. The van der Waals surface area contributed by atoms with Crippen LogP contribution < -0.4 is 5.32 Å². The number of furan rings is 1. The van der Waals surface area contributed by atoms with Crippen LogP contribution in [0.15, 0.2) is 58.0 Å². The Kier molecular flexibility index (Phi) is 5.09. The Morgan fingerprint density at radius 3 is 2.71 bits per heavy atom. The summed E-state index contributed by atoms with van der Waals surface area (Å²) in [4.78, 5) is 13.9. The molecule has 0 fully saturated rings. The van der Waals surface area contributed by atoms with Gasteiger partial charge in [0.05, 0.1) is 17.7 Å². The maximum Gasteiger partial charge on any atom is 0.243 e. The molecule has 6 nitrogen and oxygen atoms in total. The fourth-order valence-corrected chi connectivity index (χ4v) is 5.64. The molecule has 2 aromatic heterocycles. The predicted molar refractivity (Wildman–Crippen MR) is 108 cm³/mol. The van der Waals surface area contributed by atoms with Crippen molar-refractivity contribution in [3.63, 3.8) is 0 Å². The van der Waals surface area contributed by atoms with E-state index >= 15 is 0 Å². The number of anilines is 1. The van der Waals surface area contributed by atoms with E-state index in [4.69, 9.17) is 4.42 Å². The number of carbonyl (C=O) groups excluding carboxylic acids is 1. The van der Waals surface area contributed by atoms with Crippen LogP contribution in [0.4, 0.5) is 5.69 Å². The summed E-state index contributed by atoms with van der Waals surface area (Å²) in [6, 6.07) is 12.3. The van der Waals surface area contributed by atoms with Gasteiger partial charge in [-0.05, 0) is 61.4 Å². The van der Waals surface area contributed by atoms with Gasteiger partial charge in [0.1, 0.15) is 5.76 Å². The average Bonchev–Trinajstić information content (AvgIpc) is 3.32. The van der Waals surface area contributed by atoms with E-state index in [0.29, 0.717) is 24.3 Å². The van der Waals surface area contributed by atoms with Crippen molar-refractivity contribution < 1.29 is 17.6 Å². The first kappa shape index (κ1) is 18.9. The number of nitrogens with one attached hydrogen (secondary N) is 1. The molecule has 1 aliphatic rings. The maximum absolute atomic E-state index is 13.4. The molecule has 3 aromatic rings. The van der Waals surface area contributed by atoms with Gasteiger partial charge in [-0.25, -0.2) is 8.42 Å². The first-order chi connectivity index (χ1) is 13.4. The fraction of sp³-hybridized carbons (Fsp3) is 0.250. The van der Waals surface area contributed by atoms with Gasteiger partial charge in [-0.3, -0.25) is 4.79 Å². The van der Waals surface area contributed by atoms with Crippen LogP contribution >= 0.6 is 11.3 Å². The third kappa shape index (κ3) is 3.89. The van der Waals surface area contributed by atoms with Crippen LogP contribution in [0.25, 0.3) is 0 Å². The van der Waals surface area contributed by atoms with Gasteiger partial charge in [0.15, 0.2) is 0 Å². The SMILES string of the molecule is Cc1ccc(CN(Cc2ccco2)S(=O)(=O)c2ccc3c(c2)CCC(=O)N3)s1. The fourth-order valence-electron chi connectivity index (χ4n) is 3.22. The summed E-state index contributed by atoms with van der Waals surface area (Å²) >= 11 is 1.58. The highest BCUT2D eigenvalue weighted by Crippen LogP contribution is 2.29. The molecule has 0 atom stereocenters. The van der Waals surface area contributed by atoms with Crippen molar-refractivity contribution in [1.29, 1.82) is 0 Å². The summed E-state index contributed by atoms with van der Waals surface area (Å²) in [5, 5.41) is 2.79. The van der Waals surface area contributed by atoms with Gasteiger partial charge in [-0.2, -0.15) is 4.31 Å². The van der Waals surface area contributed by atoms with Crippen molar-refractivity contribution in [1.82, 2.24) is 4.31 Å². The number of aryl methyl sites for hydroxylation is 2. The Labute approximate surface area is 167 Å². The van der Waals surface area contributed by atoms with E-state index in [2.05, 4.69) is 5.32 Å². The standard InChI is InChI=1S/C20H20N2O4S2/c1-14-4-6-17(27-14)13-22(12-16-3-2-10-26-16)28(24,25)18-7-8-19-15(11-18)5-9-20(23)21-19/h2-4,6-8,10-11H,5,9,12-13H2,1H3,(H,21,23). The molecule has 28 heavy (non-hydrogen) atoms. The predicted octanol–water partition coefficient (Wildman–Crippen LogP) is 3.93. The molecule has 1 aromatic carbocycles. The third-order valence-electron chi connectivity index (χ3n) is 4.65. The van der Waals surface area contributed by atoms with Crippen molar-refractivity contribution >= 4 is 33.0 Å². The van der Waals surface area contributed by atoms with Crippen LogP contribution in [-0.2, 0) is 34.3 Å². The Bertz CT molecular complexity index is 1100. The second-order valence-corrected chi connectivity index (χ2v) is 10.0. The highest BCUT2D eigenvalue weighted by Gasteiger charge is 2.28. The molecule has 0 radical (unpaired) electrons. The van der Waals surface area contributed by atoms with Crippen molar-refractivity contribution in [3.8, 4) is 0 Å². The lowest BCUT2D eigenvalue weighted by atomic mass is 10.0. The van der Waals surface area contributed by atoms with E-state index in [1.807, 2.05) is 19.1 Å². The highest BCUT2D eigenvalue weighted by molar-refractivity contribution is 7.89. The third-order valence-corrected chi connectivity index (χ3v) is 7.42. The van der Waals surface area contributed by atoms with E-state index in [1.165, 1.54) is 10.6 Å². The zero-order valence-electron chi connectivity index (χ0n) is 15.3. The number of rotatable bonds is 6. The van der Waals surface area contributed by atoms with Gasteiger partial charge in [-0.1, -0.05) is 0 Å². The quantitative estimate of drug-likeness (QED) is 0.660. The van der Waals surface area contributed by atoms with Crippen LogP contribution in [0.2, 0.25) is 0 Å². The summed E-state index contributed by atoms with van der Waals surface area (Å²) in [5.74, 6) is 0.540. The number of hydrogen-bond acceptors (Lipinski definition) is 5. The molecule has 8 heteroatoms. The molecule has 1 amide bonds. The molecule has 0 saturated carbocycles. The number of sulfonamides is 1. The van der Waals surface area contributed by atoms with Gasteiger partial charge in [-0.15, -0.1) is 11.3 Å². The molecular weight excluding hydrogens is 396 g/mol. The topological polar surface area (TPSA) is 79.6 Å². The molecule has 0 unspecified atom stereocenters. The minimum atomic E-state index is -3.75. The average molecular weight is 417 g/mol. The van der Waals surface area contributed by atoms with Gasteiger partial charge in [0.25, 0.3) is 0 Å². The lowest BCUT2D eigenvalue weighted by Gasteiger charge is -2.23. The lowest BCUT2D eigenvalue weighted by molar-refractivity contribution is -0.116. The van der Waals surface area contributed by atoms with Gasteiger partial charge < -0.3 is 9.73 Å². The number of amides is 1. The smallest absolute Gasteiger partial charge is 0.243 e. The Morgan fingerprint density at radius 2 is 2.00 bits per heavy atom. The zero-order chi connectivity index (χ0) is 19.7. The second-order valence-electron chi connectivity index (χ2n) is 6.73. The summed E-state index contributed by atoms with van der Waals surface area (Å²) < 4.78 is 33.7. The first-order valence-corrected chi connectivity index (χ1v) is 11.2. The van der Waals surface area contributed by atoms with Crippen LogP contribution in [-0.4, -0.2) is 18.6 Å². The minimum Gasteiger partial charge on any atom is -0.468 e. The van der Waals surface area contributed by atoms with Crippen LogP contribution in [0, 0.1) is 6.92 Å². The second kappa shape index (κ2) is 7.54. The molecule has 4 rings (SSSR count). The van der Waals surface area contributed by atoms with Crippen molar-refractivity contribution in [3.05, 3.63) is 69.8 Å². The molecule has 146 valence electrons. The Hall–Kier alpha value is -2.42. The van der Waals surface area contributed by atoms with Crippen LogP contribution in [0.1, 0.15) is 27.5 Å². The van der Waals surface area contributed by atoms with Gasteiger partial charge in [0, 0.05) is 28.4 Å². The monoisotopic (exact) mass is 416 g/mol. The van der Waals surface area contributed by atoms with E-state index < -0.39 is 10.0 Å². The molecule has 1 N–H and O–H groups in total. The number of hydrogen-bond donors (Lipinski definition) is 1. The van der Waals surface area contributed by atoms with Crippen molar-refractivity contribution in [2.24, 2.45) is 0 Å². The zero-order valence-corrected chi connectivity index (χ0v) is 17.0. The normalized spacial score (nSPS) is 14.1. The lowest BCUT2D eigenvalue weighted by Crippen LogP contribution is -2.30. The van der Waals surface area contributed by atoms with E-state index in [-0.39, 0.29) is 23.9 Å². The van der Waals surface area contributed by atoms with Crippen molar-refractivity contribution in [2.45, 2.75) is 37.8 Å². The maximum atomic E-state index is 13.4. The first-order valence-electron chi connectivity index (χ1n) is 8.92. The van der Waals surface area contributed by atoms with E-state index in [9.17, 15) is 13.2 Å². The molecule has 0 spiro atoms. The van der Waals surface area contributed by atoms with Gasteiger partial charge >= 0.3 is 0 Å². The number of carbonyl (C=O) groups is 1. The number of thiophene rings is 1. The largest absolute Gasteiger partial charge is 0.468 e. The van der Waals surface area contributed by atoms with E-state index in [0.717, 1.165) is 15.3 Å². The molecular formula is C20H20N2O4S2. The van der Waals surface area contributed by atoms with Gasteiger partial charge in [0.2, 0.25) is 15.9 Å². The highest BCUT2D eigenvalue weighted by atomic mass is 32.2. The Balaban J connectivity index is 1.68. The Morgan fingerprint density at radius 1 is 1.14 bits per heavy atom. The summed E-state index contributed by atoms with van der Waals surface area (Å²) in [5.41, 5.74) is 1.52. The van der Waals surface area contributed by atoms with E-state index in [1.54, 1.807) is 41.7 Å². The molecule has 0 saturated heterocycles. The summed E-state index contributed by atoms with van der Waals surface area (Å²) in [7, 11) is -3.75. The molecule has 0 aliphatic carbocycles. The number of fused-ring (bicyclic) bond motifs is 1. The van der Waals surface area contributed by atoms with Crippen LogP contribution in [0.3, 0.4) is 0 Å². The van der Waals surface area contributed by atoms with Crippen molar-refractivity contribution in [2.75, 3.05) is 5.32 Å². The molecule has 3 heterocycles. The summed E-state index contributed by atoms with van der Waals surface area (Å²) in [6.45, 7) is 2.42.